The van der Waals surface area contributed by atoms with Crippen molar-refractivity contribution in [3.8, 4) is 23.0 Å². The summed E-state index contributed by atoms with van der Waals surface area (Å²) in [5, 5.41) is 19.3. The Labute approximate surface area is 356 Å². The Balaban J connectivity index is 1.10. The minimum Gasteiger partial charge on any atom is -0.497 e. The first kappa shape index (κ1) is 40.1. The summed E-state index contributed by atoms with van der Waals surface area (Å²) in [6.07, 6.45) is 2.58. The highest BCUT2D eigenvalue weighted by Crippen LogP contribution is 2.60. The molecule has 0 unspecified atom stereocenters. The number of nitrogens with zero attached hydrogens (tertiary/aromatic N) is 5. The molecule has 0 aliphatic carbocycles. The summed E-state index contributed by atoms with van der Waals surface area (Å²) in [7, 11) is 0.884. The molecule has 0 bridgehead atoms. The van der Waals surface area contributed by atoms with Crippen LogP contribution < -0.4 is 29.2 Å². The molecule has 61 heavy (non-hydrogen) atoms. The van der Waals surface area contributed by atoms with Gasteiger partial charge in [0.15, 0.2) is 11.4 Å². The molecule has 1 aromatic heterocycles. The molecular weight excluding hydrogens is 787 g/mol. The fourth-order valence-electron chi connectivity index (χ4n) is 9.82. The summed E-state index contributed by atoms with van der Waals surface area (Å²) >= 11 is 0. The molecule has 3 aliphatic rings. The minimum atomic E-state index is -2.42. The molecule has 0 radical (unpaired) electrons. The van der Waals surface area contributed by atoms with Gasteiger partial charge in [0.1, 0.15) is 17.2 Å². The number of rotatable bonds is 12. The van der Waals surface area contributed by atoms with Gasteiger partial charge in [0.2, 0.25) is 0 Å². The summed E-state index contributed by atoms with van der Waals surface area (Å²) in [4.78, 5) is 33.4. The number of anilines is 3. The SMILES string of the molecule is COc1ccc([Si](C)(C)[C@H]2[C@H](CCn3cc(CCO)nn3)O[C@@]3(C(=O)N(Cc4cccc(N5C(=O)c6ccccc6Oc6ccccc65)c4)c4ccc(OC)cc43)[C@@H]2C)cc1. The molecule has 5 aromatic carbocycles. The van der Waals surface area contributed by atoms with Gasteiger partial charge < -0.3 is 29.0 Å². The number of hydrogen-bond acceptors (Lipinski definition) is 9. The van der Waals surface area contributed by atoms with E-state index in [9.17, 15) is 9.90 Å². The number of methoxy groups -OCH3 is 2. The van der Waals surface area contributed by atoms with Crippen molar-refractivity contribution < 1.29 is 33.6 Å². The van der Waals surface area contributed by atoms with Crippen LogP contribution >= 0.6 is 0 Å². The summed E-state index contributed by atoms with van der Waals surface area (Å²) < 4.78 is 26.8. The van der Waals surface area contributed by atoms with Crippen molar-refractivity contribution in [1.82, 2.24) is 15.0 Å². The summed E-state index contributed by atoms with van der Waals surface area (Å²) in [5.41, 5.74) is 3.53. The van der Waals surface area contributed by atoms with E-state index >= 15 is 4.79 Å². The second-order valence-electron chi connectivity index (χ2n) is 16.5. The van der Waals surface area contributed by atoms with Crippen molar-refractivity contribution in [2.75, 3.05) is 30.6 Å². The average Bonchev–Trinajstić information content (AvgIpc) is 3.90. The van der Waals surface area contributed by atoms with Crippen LogP contribution in [0, 0.1) is 5.92 Å². The molecule has 1 saturated heterocycles. The highest BCUT2D eigenvalue weighted by molar-refractivity contribution is 6.91. The van der Waals surface area contributed by atoms with Crippen LogP contribution in [-0.2, 0) is 34.6 Å². The van der Waals surface area contributed by atoms with E-state index in [0.29, 0.717) is 53.6 Å². The lowest BCUT2D eigenvalue weighted by atomic mass is 9.82. The largest absolute Gasteiger partial charge is 0.497 e. The summed E-state index contributed by atoms with van der Waals surface area (Å²) in [5.74, 6) is 1.90. The van der Waals surface area contributed by atoms with Gasteiger partial charge in [0.25, 0.3) is 11.8 Å². The number of amides is 2. The maximum Gasteiger partial charge on any atom is 0.266 e. The number of fused-ring (bicyclic) bond motifs is 4. The topological polar surface area (TPSA) is 128 Å². The second-order valence-corrected chi connectivity index (χ2v) is 21.2. The van der Waals surface area contributed by atoms with Crippen LogP contribution in [0.5, 0.6) is 23.0 Å². The van der Waals surface area contributed by atoms with Gasteiger partial charge in [-0.3, -0.25) is 19.2 Å². The van der Waals surface area contributed by atoms with Gasteiger partial charge >= 0.3 is 0 Å². The summed E-state index contributed by atoms with van der Waals surface area (Å²) in [6.45, 7) is 7.65. The third-order valence-electron chi connectivity index (χ3n) is 12.8. The van der Waals surface area contributed by atoms with Crippen LogP contribution in [0.4, 0.5) is 17.1 Å². The van der Waals surface area contributed by atoms with Crippen molar-refractivity contribution in [1.29, 1.82) is 0 Å². The van der Waals surface area contributed by atoms with Gasteiger partial charge in [-0.1, -0.05) is 78.9 Å². The van der Waals surface area contributed by atoms with Gasteiger partial charge in [0.05, 0.1) is 57.6 Å². The number of aliphatic hydroxyl groups is 1. The van der Waals surface area contributed by atoms with Crippen molar-refractivity contribution in [2.24, 2.45) is 5.92 Å². The first-order chi connectivity index (χ1) is 29.6. The molecule has 4 atom stereocenters. The van der Waals surface area contributed by atoms with Gasteiger partial charge in [-0.15, -0.1) is 5.10 Å². The van der Waals surface area contributed by atoms with Gasteiger partial charge in [-0.2, -0.15) is 0 Å². The van der Waals surface area contributed by atoms with E-state index in [1.807, 2.05) is 102 Å². The van der Waals surface area contributed by atoms with Crippen LogP contribution in [0.2, 0.25) is 18.6 Å². The van der Waals surface area contributed by atoms with Crippen molar-refractivity contribution in [2.45, 2.75) is 63.2 Å². The molecule has 6 aromatic rings. The van der Waals surface area contributed by atoms with Crippen molar-refractivity contribution >= 4 is 42.1 Å². The third-order valence-corrected chi connectivity index (χ3v) is 17.2. The second kappa shape index (κ2) is 16.0. The molecule has 13 heteroatoms. The Bertz CT molecular complexity index is 2610. The molecule has 1 fully saturated rings. The third kappa shape index (κ3) is 6.86. The zero-order chi connectivity index (χ0) is 42.5. The van der Waals surface area contributed by atoms with Crippen LogP contribution in [0.15, 0.2) is 121 Å². The average molecular weight is 836 g/mol. The number of aryl methyl sites for hydroxylation is 1. The maximum absolute atomic E-state index is 15.6. The molecule has 4 heterocycles. The smallest absolute Gasteiger partial charge is 0.266 e. The zero-order valence-electron chi connectivity index (χ0n) is 34.9. The molecule has 9 rings (SSSR count). The lowest BCUT2D eigenvalue weighted by Gasteiger charge is -2.37. The van der Waals surface area contributed by atoms with E-state index in [1.165, 1.54) is 5.19 Å². The van der Waals surface area contributed by atoms with Crippen molar-refractivity contribution in [3.63, 3.8) is 0 Å². The van der Waals surface area contributed by atoms with E-state index in [1.54, 1.807) is 35.9 Å². The Morgan fingerprint density at radius 1 is 0.836 bits per heavy atom. The number of carbonyl (C=O) groups is 2. The van der Waals surface area contributed by atoms with E-state index in [0.717, 1.165) is 28.3 Å². The van der Waals surface area contributed by atoms with Gasteiger partial charge in [-0.05, 0) is 84.3 Å². The first-order valence-electron chi connectivity index (χ1n) is 20.7. The molecule has 1 spiro atoms. The number of para-hydroxylation sites is 3. The predicted octanol–water partition coefficient (Wildman–Crippen LogP) is 7.77. The normalized spacial score (nSPS) is 20.6. The molecule has 0 saturated carbocycles. The lowest BCUT2D eigenvalue weighted by Crippen LogP contribution is -2.51. The number of benzene rings is 5. The molecular formula is C48H49N5O7Si. The maximum atomic E-state index is 15.6. The van der Waals surface area contributed by atoms with Crippen LogP contribution in [-0.4, -0.2) is 66.9 Å². The lowest BCUT2D eigenvalue weighted by molar-refractivity contribution is -0.146. The Morgan fingerprint density at radius 3 is 2.34 bits per heavy atom. The minimum absolute atomic E-state index is 0.00616. The zero-order valence-corrected chi connectivity index (χ0v) is 35.9. The number of ether oxygens (including phenoxy) is 4. The molecule has 2 amide bonds. The van der Waals surface area contributed by atoms with Gasteiger partial charge in [-0.25, -0.2) is 0 Å². The Morgan fingerprint density at radius 2 is 1.57 bits per heavy atom. The Kier molecular flexibility index (Phi) is 10.5. The predicted molar refractivity (Wildman–Crippen MR) is 235 cm³/mol. The van der Waals surface area contributed by atoms with Gasteiger partial charge in [0, 0.05) is 42.9 Å². The number of hydrogen-bond donors (Lipinski definition) is 1. The van der Waals surface area contributed by atoms with E-state index in [-0.39, 0.29) is 42.5 Å². The quantitative estimate of drug-likeness (QED) is 0.123. The monoisotopic (exact) mass is 835 g/mol. The van der Waals surface area contributed by atoms with E-state index in [4.69, 9.17) is 18.9 Å². The van der Waals surface area contributed by atoms with Crippen LogP contribution in [0.1, 0.15) is 40.5 Å². The Hall–Kier alpha value is -6.28. The van der Waals surface area contributed by atoms with Crippen molar-refractivity contribution in [3.05, 3.63) is 144 Å². The fourth-order valence-corrected chi connectivity index (χ4v) is 13.9. The number of aliphatic hydroxyl groups excluding tert-OH is 1. The van der Waals surface area contributed by atoms with Crippen LogP contribution in [0.25, 0.3) is 0 Å². The van der Waals surface area contributed by atoms with E-state index < -0.39 is 13.7 Å². The van der Waals surface area contributed by atoms with E-state index in [2.05, 4.69) is 42.5 Å². The highest BCUT2D eigenvalue weighted by Gasteiger charge is 2.66. The number of aromatic nitrogens is 3. The van der Waals surface area contributed by atoms with Crippen LogP contribution in [0.3, 0.4) is 0 Å². The summed E-state index contributed by atoms with van der Waals surface area (Å²) in [6, 6.07) is 36.7. The molecule has 12 nitrogen and oxygen atoms in total. The molecule has 1 N–H and O–H groups in total. The standard InChI is InChI=1S/C48H49N5O7Si/c1-31-45(61(4,5)37-20-17-35(57-2)18-21-37)44(23-25-51-30-33(24-26-54)49-50-51)60-48(31)39-28-36(58-3)19-22-40(39)52(47(48)56)29-32-11-10-12-34(27-32)53-41-14-7-9-16-43(41)59-42-15-8-6-13-38(42)46(53)55/h6-22,27-28,30-31,44-45,54H,23-26,29H2,1-5H3/t31-,44+,45-,48+/m1/s1. The molecule has 3 aliphatic heterocycles. The molecule has 312 valence electrons. The number of carbonyl (C=O) groups excluding carboxylic acids is 2. The fraction of sp³-hybridized carbons (Fsp3) is 0.292. The highest BCUT2D eigenvalue weighted by atomic mass is 28.3. The first-order valence-corrected chi connectivity index (χ1v) is 23.8.